The third-order valence-corrected chi connectivity index (χ3v) is 3.96. The maximum atomic E-state index is 13.1. The Morgan fingerprint density at radius 2 is 1.95 bits per heavy atom. The van der Waals surface area contributed by atoms with Crippen LogP contribution in [-0.2, 0) is 6.54 Å². The average Bonchev–Trinajstić information content (AvgIpc) is 2.84. The van der Waals surface area contributed by atoms with E-state index in [1.165, 1.54) is 23.0 Å². The Bertz CT molecular complexity index is 736. The third-order valence-electron chi connectivity index (χ3n) is 3.27. The van der Waals surface area contributed by atoms with Crippen molar-refractivity contribution in [2.75, 3.05) is 11.9 Å². The molecule has 0 saturated carbocycles. The lowest BCUT2D eigenvalue weighted by atomic mass is 10.2. The van der Waals surface area contributed by atoms with Gasteiger partial charge in [-0.25, -0.2) is 4.39 Å². The molecule has 0 spiro atoms. The van der Waals surface area contributed by atoms with Crippen molar-refractivity contribution in [3.63, 3.8) is 0 Å². The molecule has 4 heteroatoms. The lowest BCUT2D eigenvalue weighted by Gasteiger charge is -2.09. The molecule has 0 aliphatic carbocycles. The number of hydrogen-bond donors (Lipinski definition) is 1. The van der Waals surface area contributed by atoms with Crippen molar-refractivity contribution >= 4 is 32.5 Å². The molecule has 0 radical (unpaired) electrons. The first-order chi connectivity index (χ1) is 9.74. The molecule has 20 heavy (non-hydrogen) atoms. The molecule has 0 unspecified atom stereocenters. The Morgan fingerprint density at radius 1 is 1.10 bits per heavy atom. The fourth-order valence-electron chi connectivity index (χ4n) is 2.30. The van der Waals surface area contributed by atoms with E-state index < -0.39 is 0 Å². The molecule has 1 N–H and O–H groups in total. The smallest absolute Gasteiger partial charge is 0.125 e. The Morgan fingerprint density at radius 3 is 2.80 bits per heavy atom. The summed E-state index contributed by atoms with van der Waals surface area (Å²) in [6.45, 7) is 1.58. The van der Waals surface area contributed by atoms with Gasteiger partial charge in [0.25, 0.3) is 0 Å². The molecule has 0 aliphatic rings. The van der Waals surface area contributed by atoms with E-state index in [0.717, 1.165) is 23.2 Å². The summed E-state index contributed by atoms with van der Waals surface area (Å²) in [5.74, 6) is -0.217. The first-order valence-electron chi connectivity index (χ1n) is 6.47. The molecule has 2 aromatic carbocycles. The van der Waals surface area contributed by atoms with E-state index in [0.29, 0.717) is 0 Å². The van der Waals surface area contributed by atoms with Crippen LogP contribution in [0.4, 0.5) is 10.1 Å². The lowest BCUT2D eigenvalue weighted by Crippen LogP contribution is -2.09. The van der Waals surface area contributed by atoms with E-state index in [9.17, 15) is 4.39 Å². The Balaban J connectivity index is 1.70. The topological polar surface area (TPSA) is 17.0 Å². The second-order valence-electron chi connectivity index (χ2n) is 4.62. The van der Waals surface area contributed by atoms with Gasteiger partial charge in [0.2, 0.25) is 0 Å². The molecule has 0 amide bonds. The first kappa shape index (κ1) is 13.2. The Kier molecular flexibility index (Phi) is 3.74. The van der Waals surface area contributed by atoms with Crippen molar-refractivity contribution in [1.29, 1.82) is 0 Å². The zero-order valence-corrected chi connectivity index (χ0v) is 12.4. The van der Waals surface area contributed by atoms with Gasteiger partial charge >= 0.3 is 0 Å². The minimum absolute atomic E-state index is 0.217. The Labute approximate surface area is 125 Å². The van der Waals surface area contributed by atoms with Crippen molar-refractivity contribution in [1.82, 2.24) is 4.57 Å². The number of aromatic nitrogens is 1. The van der Waals surface area contributed by atoms with E-state index in [1.54, 1.807) is 6.07 Å². The van der Waals surface area contributed by atoms with Crippen LogP contribution in [0.25, 0.3) is 10.9 Å². The minimum Gasteiger partial charge on any atom is -0.383 e. The number of anilines is 1. The predicted molar refractivity (Wildman–Crippen MR) is 84.5 cm³/mol. The molecule has 0 saturated heterocycles. The molecule has 102 valence electrons. The summed E-state index contributed by atoms with van der Waals surface area (Å²) >= 11 is 3.55. The van der Waals surface area contributed by atoms with Crippen molar-refractivity contribution in [2.24, 2.45) is 0 Å². The second-order valence-corrected chi connectivity index (χ2v) is 5.47. The zero-order valence-electron chi connectivity index (χ0n) is 10.8. The van der Waals surface area contributed by atoms with Crippen LogP contribution in [0.1, 0.15) is 0 Å². The molecule has 0 atom stereocenters. The molecule has 3 aromatic rings. The van der Waals surface area contributed by atoms with Crippen molar-refractivity contribution in [3.8, 4) is 0 Å². The van der Waals surface area contributed by atoms with E-state index in [2.05, 4.69) is 44.1 Å². The third kappa shape index (κ3) is 2.70. The molecule has 1 heterocycles. The molecular weight excluding hydrogens is 319 g/mol. The standard InChI is InChI=1S/C16H14BrFN2/c17-15-5-2-6-16-14(15)7-9-20(16)10-8-19-13-4-1-3-12(18)11-13/h1-7,9,11,19H,8,10H2. The molecule has 3 rings (SSSR count). The second kappa shape index (κ2) is 5.67. The van der Waals surface area contributed by atoms with Crippen LogP contribution in [0, 0.1) is 5.82 Å². The zero-order chi connectivity index (χ0) is 13.9. The van der Waals surface area contributed by atoms with E-state index >= 15 is 0 Å². The van der Waals surface area contributed by atoms with Gasteiger partial charge in [-0.2, -0.15) is 0 Å². The first-order valence-corrected chi connectivity index (χ1v) is 7.26. The highest BCUT2D eigenvalue weighted by molar-refractivity contribution is 9.10. The summed E-state index contributed by atoms with van der Waals surface area (Å²) in [7, 11) is 0. The summed E-state index contributed by atoms with van der Waals surface area (Å²) in [4.78, 5) is 0. The van der Waals surface area contributed by atoms with Gasteiger partial charge in [0, 0.05) is 40.3 Å². The number of halogens is 2. The van der Waals surface area contributed by atoms with Crippen LogP contribution >= 0.6 is 15.9 Å². The monoisotopic (exact) mass is 332 g/mol. The van der Waals surface area contributed by atoms with E-state index in [4.69, 9.17) is 0 Å². The van der Waals surface area contributed by atoms with Crippen LogP contribution in [0.3, 0.4) is 0 Å². The summed E-state index contributed by atoms with van der Waals surface area (Å²) in [5, 5.41) is 4.44. The fourth-order valence-corrected chi connectivity index (χ4v) is 2.79. The highest BCUT2D eigenvalue weighted by Gasteiger charge is 2.03. The van der Waals surface area contributed by atoms with Crippen molar-refractivity contribution < 1.29 is 4.39 Å². The van der Waals surface area contributed by atoms with Crippen LogP contribution in [0.2, 0.25) is 0 Å². The van der Waals surface area contributed by atoms with Crippen LogP contribution in [0.15, 0.2) is 59.2 Å². The normalized spacial score (nSPS) is 10.9. The molecule has 1 aromatic heterocycles. The molecule has 0 fully saturated rings. The number of rotatable bonds is 4. The summed E-state index contributed by atoms with van der Waals surface area (Å²) < 4.78 is 16.4. The van der Waals surface area contributed by atoms with Crippen LogP contribution in [0.5, 0.6) is 0 Å². The van der Waals surface area contributed by atoms with Crippen molar-refractivity contribution in [3.05, 3.63) is 65.0 Å². The fraction of sp³-hybridized carbons (Fsp3) is 0.125. The summed E-state index contributed by atoms with van der Waals surface area (Å²) in [5.41, 5.74) is 2.00. The van der Waals surface area contributed by atoms with Gasteiger partial charge < -0.3 is 9.88 Å². The maximum Gasteiger partial charge on any atom is 0.125 e. The Hall–Kier alpha value is -1.81. The SMILES string of the molecule is Fc1cccc(NCCn2ccc3c(Br)cccc32)c1. The quantitative estimate of drug-likeness (QED) is 0.735. The number of nitrogens with one attached hydrogen (secondary N) is 1. The van der Waals surface area contributed by atoms with Gasteiger partial charge in [0.15, 0.2) is 0 Å². The van der Waals surface area contributed by atoms with E-state index in [-0.39, 0.29) is 5.82 Å². The highest BCUT2D eigenvalue weighted by Crippen LogP contribution is 2.24. The number of nitrogens with zero attached hydrogens (tertiary/aromatic N) is 1. The minimum atomic E-state index is -0.217. The average molecular weight is 333 g/mol. The van der Waals surface area contributed by atoms with Gasteiger partial charge in [-0.15, -0.1) is 0 Å². The molecule has 0 bridgehead atoms. The van der Waals surface area contributed by atoms with Gasteiger partial charge in [-0.3, -0.25) is 0 Å². The molecular formula is C16H14BrFN2. The van der Waals surface area contributed by atoms with Crippen molar-refractivity contribution in [2.45, 2.75) is 6.54 Å². The van der Waals surface area contributed by atoms with Gasteiger partial charge in [0.1, 0.15) is 5.82 Å². The molecule has 0 aliphatic heterocycles. The van der Waals surface area contributed by atoms with E-state index in [1.807, 2.05) is 18.2 Å². The number of fused-ring (bicyclic) bond motifs is 1. The largest absolute Gasteiger partial charge is 0.383 e. The maximum absolute atomic E-state index is 13.1. The molecule has 2 nitrogen and oxygen atoms in total. The van der Waals surface area contributed by atoms with Gasteiger partial charge in [-0.05, 0) is 36.4 Å². The number of benzene rings is 2. The van der Waals surface area contributed by atoms with Gasteiger partial charge in [-0.1, -0.05) is 28.1 Å². The number of hydrogen-bond acceptors (Lipinski definition) is 1. The van der Waals surface area contributed by atoms with Crippen LogP contribution in [-0.4, -0.2) is 11.1 Å². The summed E-state index contributed by atoms with van der Waals surface area (Å²) in [6, 6.07) is 14.8. The highest BCUT2D eigenvalue weighted by atomic mass is 79.9. The predicted octanol–water partition coefficient (Wildman–Crippen LogP) is 4.66. The summed E-state index contributed by atoms with van der Waals surface area (Å²) in [6.07, 6.45) is 2.07. The van der Waals surface area contributed by atoms with Gasteiger partial charge in [0.05, 0.1) is 0 Å². The van der Waals surface area contributed by atoms with Crippen LogP contribution < -0.4 is 5.32 Å². The lowest BCUT2D eigenvalue weighted by molar-refractivity contribution is 0.628.